The van der Waals surface area contributed by atoms with E-state index in [4.69, 9.17) is 0 Å². The van der Waals surface area contributed by atoms with Gasteiger partial charge in [-0.25, -0.2) is 9.97 Å². The van der Waals surface area contributed by atoms with E-state index in [-0.39, 0.29) is 11.3 Å². The second-order valence-electron chi connectivity index (χ2n) is 9.31. The molecular weight excluding hydrogens is 426 g/mol. The zero-order chi connectivity index (χ0) is 24.5. The van der Waals surface area contributed by atoms with Crippen molar-refractivity contribution in [2.45, 2.75) is 53.6 Å². The van der Waals surface area contributed by atoms with Crippen molar-refractivity contribution in [2.75, 3.05) is 5.32 Å². The number of aromatic nitrogens is 6. The molecule has 0 aliphatic heterocycles. The zero-order valence-corrected chi connectivity index (χ0v) is 20.4. The molecule has 8 nitrogen and oxygen atoms in total. The van der Waals surface area contributed by atoms with Crippen LogP contribution in [0.1, 0.15) is 55.1 Å². The molecule has 2 aromatic carbocycles. The van der Waals surface area contributed by atoms with E-state index in [1.54, 1.807) is 4.80 Å². The first-order chi connectivity index (χ1) is 16.1. The summed E-state index contributed by atoms with van der Waals surface area (Å²) in [5, 5.41) is 16.4. The maximum absolute atomic E-state index is 12.1. The van der Waals surface area contributed by atoms with Gasteiger partial charge >= 0.3 is 0 Å². The van der Waals surface area contributed by atoms with Gasteiger partial charge in [0.1, 0.15) is 11.6 Å². The van der Waals surface area contributed by atoms with Gasteiger partial charge in [-0.2, -0.15) is 4.80 Å². The number of ketones is 1. The van der Waals surface area contributed by atoms with Crippen LogP contribution in [0.3, 0.4) is 0 Å². The molecule has 0 unspecified atom stereocenters. The molecular formula is C26H29N7O. The van der Waals surface area contributed by atoms with E-state index < -0.39 is 0 Å². The Morgan fingerprint density at radius 1 is 0.971 bits per heavy atom. The summed E-state index contributed by atoms with van der Waals surface area (Å²) in [7, 11) is 0. The van der Waals surface area contributed by atoms with E-state index in [1.807, 2.05) is 52.8 Å². The first-order valence-corrected chi connectivity index (χ1v) is 11.2. The summed E-state index contributed by atoms with van der Waals surface area (Å²) in [4.78, 5) is 22.5. The molecule has 4 aromatic rings. The molecule has 0 fully saturated rings. The summed E-state index contributed by atoms with van der Waals surface area (Å²) in [6.07, 6.45) is 0. The third-order valence-electron chi connectivity index (χ3n) is 5.46. The largest absolute Gasteiger partial charge is 0.365 e. The minimum atomic E-state index is -0.238. The highest BCUT2D eigenvalue weighted by atomic mass is 16.1. The molecule has 2 heterocycles. The van der Waals surface area contributed by atoms with Gasteiger partial charge in [-0.15, -0.1) is 10.2 Å². The van der Waals surface area contributed by atoms with Crippen LogP contribution in [0.4, 0.5) is 5.82 Å². The maximum Gasteiger partial charge on any atom is 0.205 e. The number of nitrogens with zero attached hydrogens (tertiary/aromatic N) is 6. The van der Waals surface area contributed by atoms with Crippen molar-refractivity contribution in [3.8, 4) is 22.5 Å². The monoisotopic (exact) mass is 455 g/mol. The van der Waals surface area contributed by atoms with Crippen LogP contribution in [0.25, 0.3) is 22.5 Å². The van der Waals surface area contributed by atoms with Crippen LogP contribution in [0, 0.1) is 13.8 Å². The van der Waals surface area contributed by atoms with E-state index in [9.17, 15) is 4.79 Å². The van der Waals surface area contributed by atoms with Gasteiger partial charge in [0.2, 0.25) is 5.82 Å². The predicted molar refractivity (Wildman–Crippen MR) is 133 cm³/mol. The van der Waals surface area contributed by atoms with E-state index >= 15 is 0 Å². The second kappa shape index (κ2) is 9.13. The minimum Gasteiger partial charge on any atom is -0.365 e. The van der Waals surface area contributed by atoms with Gasteiger partial charge in [0.05, 0.1) is 16.8 Å². The smallest absolute Gasteiger partial charge is 0.205 e. The molecule has 0 spiro atoms. The van der Waals surface area contributed by atoms with Crippen molar-refractivity contribution in [3.05, 3.63) is 71.2 Å². The molecule has 174 valence electrons. The quantitative estimate of drug-likeness (QED) is 0.409. The zero-order valence-electron chi connectivity index (χ0n) is 20.4. The Balaban J connectivity index is 1.57. The molecule has 0 saturated carbocycles. The van der Waals surface area contributed by atoms with Crippen molar-refractivity contribution < 1.29 is 4.79 Å². The number of carbonyl (C=O) groups excluding carboxylic acids is 1. The second-order valence-corrected chi connectivity index (χ2v) is 9.31. The number of benzene rings is 2. The Morgan fingerprint density at radius 3 is 2.26 bits per heavy atom. The average Bonchev–Trinajstić information content (AvgIpc) is 3.28. The van der Waals surface area contributed by atoms with Crippen LogP contribution in [-0.4, -0.2) is 36.0 Å². The fraction of sp³-hybridized carbons (Fsp3) is 0.308. The molecule has 1 N–H and O–H groups in total. The van der Waals surface area contributed by atoms with Crippen molar-refractivity contribution in [1.29, 1.82) is 0 Å². The number of tetrazole rings is 1. The summed E-state index contributed by atoms with van der Waals surface area (Å²) < 4.78 is 0. The van der Waals surface area contributed by atoms with Crippen LogP contribution in [0.15, 0.2) is 48.5 Å². The number of hydrogen-bond donors (Lipinski definition) is 1. The molecule has 0 amide bonds. The number of Topliss-reactive ketones (excluding diaryl/α,β-unsaturated/α-hetero) is 1. The van der Waals surface area contributed by atoms with E-state index in [0.29, 0.717) is 35.3 Å². The number of carbonyl (C=O) groups is 1. The van der Waals surface area contributed by atoms with Gasteiger partial charge < -0.3 is 5.32 Å². The van der Waals surface area contributed by atoms with Gasteiger partial charge in [-0.1, -0.05) is 48.5 Å². The molecule has 4 rings (SSSR count). The summed E-state index contributed by atoms with van der Waals surface area (Å²) in [5.41, 5.74) is 5.08. The Labute approximate surface area is 199 Å². The Hall–Kier alpha value is -3.94. The number of anilines is 1. The maximum atomic E-state index is 12.1. The molecule has 8 heteroatoms. The normalized spacial score (nSPS) is 11.5. The SMILES string of the molecule is CC(=O)c1c(C)nc(C)nc1NCc1ccc(-c2ccccc2-c2nnn(C(C)(C)C)n2)cc1. The molecule has 0 atom stereocenters. The van der Waals surface area contributed by atoms with Gasteiger partial charge in [-0.05, 0) is 63.4 Å². The Kier molecular flexibility index (Phi) is 6.24. The molecule has 2 aromatic heterocycles. The van der Waals surface area contributed by atoms with Gasteiger partial charge in [0, 0.05) is 12.1 Å². The number of rotatable bonds is 6. The summed E-state index contributed by atoms with van der Waals surface area (Å²) in [6.45, 7) is 11.9. The third-order valence-corrected chi connectivity index (χ3v) is 5.46. The summed E-state index contributed by atoms with van der Waals surface area (Å²) in [6, 6.07) is 16.3. The lowest BCUT2D eigenvalue weighted by molar-refractivity contribution is 0.101. The highest BCUT2D eigenvalue weighted by Gasteiger charge is 2.19. The highest BCUT2D eigenvalue weighted by Crippen LogP contribution is 2.30. The molecule has 0 aliphatic rings. The van der Waals surface area contributed by atoms with Crippen LogP contribution in [0.2, 0.25) is 0 Å². The van der Waals surface area contributed by atoms with Crippen molar-refractivity contribution >= 4 is 11.6 Å². The van der Waals surface area contributed by atoms with Crippen molar-refractivity contribution in [1.82, 2.24) is 30.2 Å². The standard InChI is InChI=1S/C26H29N7O/c1-16-23(17(2)34)25(29-18(3)28-16)27-15-19-11-13-20(14-12-19)21-9-7-8-10-22(21)24-30-32-33(31-24)26(4,5)6/h7-14H,15H2,1-6H3,(H,27,28,29). The predicted octanol–water partition coefficient (Wildman–Crippen LogP) is 4.98. The van der Waals surface area contributed by atoms with Crippen LogP contribution in [0.5, 0.6) is 0 Å². The fourth-order valence-electron chi connectivity index (χ4n) is 3.79. The Morgan fingerprint density at radius 2 is 1.65 bits per heavy atom. The lowest BCUT2D eigenvalue weighted by atomic mass is 9.98. The van der Waals surface area contributed by atoms with Crippen molar-refractivity contribution in [3.63, 3.8) is 0 Å². The topological polar surface area (TPSA) is 98.5 Å². The number of nitrogens with one attached hydrogen (secondary N) is 1. The fourth-order valence-corrected chi connectivity index (χ4v) is 3.79. The molecule has 0 saturated heterocycles. The molecule has 0 bridgehead atoms. The third kappa shape index (κ3) is 4.85. The number of aryl methyl sites for hydroxylation is 2. The highest BCUT2D eigenvalue weighted by molar-refractivity contribution is 5.99. The summed E-state index contributed by atoms with van der Waals surface area (Å²) >= 11 is 0. The lowest BCUT2D eigenvalue weighted by Gasteiger charge is -2.15. The van der Waals surface area contributed by atoms with Gasteiger partial charge in [0.25, 0.3) is 0 Å². The molecule has 0 radical (unpaired) electrons. The number of hydrogen-bond acceptors (Lipinski definition) is 7. The van der Waals surface area contributed by atoms with Crippen LogP contribution < -0.4 is 5.32 Å². The van der Waals surface area contributed by atoms with Crippen LogP contribution >= 0.6 is 0 Å². The van der Waals surface area contributed by atoms with Crippen molar-refractivity contribution in [2.24, 2.45) is 0 Å². The lowest BCUT2D eigenvalue weighted by Crippen LogP contribution is -2.24. The van der Waals surface area contributed by atoms with Gasteiger partial charge in [-0.3, -0.25) is 4.79 Å². The Bertz CT molecular complexity index is 1330. The van der Waals surface area contributed by atoms with Crippen LogP contribution in [-0.2, 0) is 12.1 Å². The first kappa shape index (κ1) is 23.2. The molecule has 34 heavy (non-hydrogen) atoms. The van der Waals surface area contributed by atoms with Gasteiger partial charge in [0.15, 0.2) is 5.78 Å². The van der Waals surface area contributed by atoms with E-state index in [2.05, 4.69) is 61.0 Å². The van der Waals surface area contributed by atoms with E-state index in [1.165, 1.54) is 6.92 Å². The van der Waals surface area contributed by atoms with E-state index in [0.717, 1.165) is 22.3 Å². The average molecular weight is 456 g/mol. The first-order valence-electron chi connectivity index (χ1n) is 11.2. The molecule has 0 aliphatic carbocycles. The summed E-state index contributed by atoms with van der Waals surface area (Å²) in [5.74, 6) is 1.75. The minimum absolute atomic E-state index is 0.0519.